The molecule has 0 amide bonds. The van der Waals surface area contributed by atoms with Gasteiger partial charge in [-0.1, -0.05) is 11.8 Å². The fourth-order valence-corrected chi connectivity index (χ4v) is 4.89. The van der Waals surface area contributed by atoms with Gasteiger partial charge in [0.15, 0.2) is 9.84 Å². The van der Waals surface area contributed by atoms with Crippen molar-refractivity contribution in [3.05, 3.63) is 21.9 Å². The summed E-state index contributed by atoms with van der Waals surface area (Å²) in [6.07, 6.45) is 0.710. The molecule has 1 aromatic rings. The molecule has 19 heavy (non-hydrogen) atoms. The largest absolute Gasteiger partial charge is 0.384 e. The van der Waals surface area contributed by atoms with Crippen LogP contribution in [0.25, 0.3) is 0 Å². The molecule has 1 saturated heterocycles. The highest BCUT2D eigenvalue weighted by Crippen LogP contribution is 2.22. The summed E-state index contributed by atoms with van der Waals surface area (Å²) in [7, 11) is -0.890. The lowest BCUT2D eigenvalue weighted by Gasteiger charge is -2.22. The van der Waals surface area contributed by atoms with Gasteiger partial charge in [0.2, 0.25) is 0 Å². The molecule has 1 fully saturated rings. The average Bonchev–Trinajstić information content (AvgIpc) is 2.93. The van der Waals surface area contributed by atoms with Crippen molar-refractivity contribution in [3.8, 4) is 11.8 Å². The van der Waals surface area contributed by atoms with E-state index < -0.39 is 9.84 Å². The maximum atomic E-state index is 11.5. The minimum Gasteiger partial charge on any atom is -0.384 e. The molecular formula is C13H17NO3S2. The van der Waals surface area contributed by atoms with Gasteiger partial charge >= 0.3 is 0 Å². The first-order chi connectivity index (χ1) is 9.02. The van der Waals surface area contributed by atoms with Crippen molar-refractivity contribution in [1.82, 2.24) is 4.90 Å². The van der Waals surface area contributed by atoms with Crippen molar-refractivity contribution in [1.29, 1.82) is 0 Å². The number of hydrogen-bond acceptors (Lipinski definition) is 5. The van der Waals surface area contributed by atoms with Crippen molar-refractivity contribution in [3.63, 3.8) is 0 Å². The molecule has 1 atom stereocenters. The molecule has 0 spiro atoms. The molecule has 0 bridgehead atoms. The second-order valence-electron chi connectivity index (χ2n) is 4.69. The summed E-state index contributed by atoms with van der Waals surface area (Å²) >= 11 is 1.61. The Morgan fingerprint density at radius 1 is 1.58 bits per heavy atom. The van der Waals surface area contributed by atoms with Gasteiger partial charge < -0.3 is 5.11 Å². The Balaban J connectivity index is 2.03. The van der Waals surface area contributed by atoms with Crippen LogP contribution in [0.3, 0.4) is 0 Å². The summed E-state index contributed by atoms with van der Waals surface area (Å²) in [4.78, 5) is 3.20. The predicted molar refractivity (Wildman–Crippen MR) is 76.8 cm³/mol. The fourth-order valence-electron chi connectivity index (χ4n) is 2.19. The molecule has 0 saturated carbocycles. The van der Waals surface area contributed by atoms with Gasteiger partial charge in [0, 0.05) is 23.0 Å². The second-order valence-corrected chi connectivity index (χ2v) is 7.92. The van der Waals surface area contributed by atoms with E-state index in [2.05, 4.69) is 16.7 Å². The van der Waals surface area contributed by atoms with Gasteiger partial charge in [-0.25, -0.2) is 8.42 Å². The van der Waals surface area contributed by atoms with Crippen LogP contribution in [-0.4, -0.2) is 49.6 Å². The molecule has 1 aliphatic heterocycles. The highest BCUT2D eigenvalue weighted by Gasteiger charge is 2.30. The van der Waals surface area contributed by atoms with Gasteiger partial charge in [0.05, 0.1) is 11.5 Å². The number of aliphatic hydroxyl groups excluding tert-OH is 1. The van der Waals surface area contributed by atoms with E-state index in [1.807, 2.05) is 18.5 Å². The second kappa shape index (κ2) is 6.06. The van der Waals surface area contributed by atoms with E-state index in [-0.39, 0.29) is 18.4 Å². The van der Waals surface area contributed by atoms with E-state index in [1.54, 1.807) is 11.3 Å². The predicted octanol–water partition coefficient (Wildman–Crippen LogP) is 0.711. The lowest BCUT2D eigenvalue weighted by molar-refractivity contribution is 0.256. The number of nitrogens with zero attached hydrogens (tertiary/aromatic N) is 1. The molecular weight excluding hydrogens is 282 g/mol. The van der Waals surface area contributed by atoms with Crippen LogP contribution in [0.2, 0.25) is 0 Å². The van der Waals surface area contributed by atoms with E-state index >= 15 is 0 Å². The van der Waals surface area contributed by atoms with Crippen LogP contribution in [0.4, 0.5) is 0 Å². The Morgan fingerprint density at radius 2 is 2.37 bits per heavy atom. The number of hydrogen-bond donors (Lipinski definition) is 1. The lowest BCUT2D eigenvalue weighted by atomic mass is 10.2. The van der Waals surface area contributed by atoms with E-state index in [4.69, 9.17) is 5.11 Å². The van der Waals surface area contributed by atoms with Crippen LogP contribution in [0.15, 0.2) is 11.4 Å². The van der Waals surface area contributed by atoms with Crippen LogP contribution in [0.5, 0.6) is 0 Å². The summed E-state index contributed by atoms with van der Waals surface area (Å²) in [5.41, 5.74) is 0.923. The molecule has 1 aromatic heterocycles. The summed E-state index contributed by atoms with van der Waals surface area (Å²) < 4.78 is 23.0. The molecule has 2 heterocycles. The number of rotatable bonds is 3. The molecule has 0 aromatic carbocycles. The number of thiophene rings is 1. The third-order valence-electron chi connectivity index (χ3n) is 3.27. The Morgan fingerprint density at radius 3 is 3.00 bits per heavy atom. The summed E-state index contributed by atoms with van der Waals surface area (Å²) in [5, 5.41) is 10.7. The number of aliphatic hydroxyl groups is 1. The van der Waals surface area contributed by atoms with Crippen LogP contribution < -0.4 is 0 Å². The van der Waals surface area contributed by atoms with Crippen LogP contribution >= 0.6 is 11.3 Å². The highest BCUT2D eigenvalue weighted by atomic mass is 32.2. The topological polar surface area (TPSA) is 57.6 Å². The Kier molecular flexibility index (Phi) is 4.63. The standard InChI is InChI=1S/C13H17NO3S2/c1-14(12-5-8-19(16,17)10-12)9-13-11(3-2-6-15)4-7-18-13/h4,7,12,15H,5-6,8-10H2,1H3. The molecule has 0 radical (unpaired) electrons. The minimum absolute atomic E-state index is 0.103. The van der Waals surface area contributed by atoms with E-state index in [0.717, 1.165) is 10.4 Å². The summed E-state index contributed by atoms with van der Waals surface area (Å²) in [6.45, 7) is 0.555. The zero-order valence-electron chi connectivity index (χ0n) is 10.8. The first-order valence-electron chi connectivity index (χ1n) is 6.08. The molecule has 2 rings (SSSR count). The van der Waals surface area contributed by atoms with Crippen LogP contribution in [0, 0.1) is 11.8 Å². The zero-order valence-corrected chi connectivity index (χ0v) is 12.4. The first kappa shape index (κ1) is 14.5. The minimum atomic E-state index is -2.84. The van der Waals surface area contributed by atoms with Gasteiger partial charge in [0.25, 0.3) is 0 Å². The van der Waals surface area contributed by atoms with Crippen LogP contribution in [0.1, 0.15) is 16.9 Å². The molecule has 104 valence electrons. The molecule has 1 aliphatic rings. The number of sulfone groups is 1. The van der Waals surface area contributed by atoms with Gasteiger partial charge in [-0.3, -0.25) is 4.90 Å². The quantitative estimate of drug-likeness (QED) is 0.835. The normalized spacial score (nSPS) is 21.3. The zero-order chi connectivity index (χ0) is 13.9. The van der Waals surface area contributed by atoms with Crippen molar-refractivity contribution in [2.75, 3.05) is 25.2 Å². The van der Waals surface area contributed by atoms with E-state index in [1.165, 1.54) is 0 Å². The van der Waals surface area contributed by atoms with Crippen molar-refractivity contribution < 1.29 is 13.5 Å². The SMILES string of the molecule is CN(Cc1sccc1C#CCO)C1CCS(=O)(=O)C1. The fraction of sp³-hybridized carbons (Fsp3) is 0.538. The highest BCUT2D eigenvalue weighted by molar-refractivity contribution is 7.91. The van der Waals surface area contributed by atoms with E-state index in [9.17, 15) is 8.42 Å². The maximum Gasteiger partial charge on any atom is 0.151 e. The van der Waals surface area contributed by atoms with Gasteiger partial charge in [0.1, 0.15) is 6.61 Å². The van der Waals surface area contributed by atoms with Crippen molar-refractivity contribution >= 4 is 21.2 Å². The maximum absolute atomic E-state index is 11.5. The van der Waals surface area contributed by atoms with Gasteiger partial charge in [-0.2, -0.15) is 0 Å². The molecule has 0 aliphatic carbocycles. The van der Waals surface area contributed by atoms with Crippen LogP contribution in [-0.2, 0) is 16.4 Å². The Hall–Kier alpha value is -0.870. The molecule has 1 N–H and O–H groups in total. The summed E-state index contributed by atoms with van der Waals surface area (Å²) in [6, 6.07) is 2.03. The molecule has 1 unspecified atom stereocenters. The smallest absolute Gasteiger partial charge is 0.151 e. The third-order valence-corrected chi connectivity index (χ3v) is 5.93. The van der Waals surface area contributed by atoms with Gasteiger partial charge in [-0.15, -0.1) is 11.3 Å². The van der Waals surface area contributed by atoms with Crippen molar-refractivity contribution in [2.24, 2.45) is 0 Å². The average molecular weight is 299 g/mol. The monoisotopic (exact) mass is 299 g/mol. The van der Waals surface area contributed by atoms with Crippen molar-refractivity contribution in [2.45, 2.75) is 19.0 Å². The first-order valence-corrected chi connectivity index (χ1v) is 8.79. The summed E-state index contributed by atoms with van der Waals surface area (Å²) in [5.74, 6) is 6.12. The lowest BCUT2D eigenvalue weighted by Crippen LogP contribution is -2.32. The van der Waals surface area contributed by atoms with E-state index in [0.29, 0.717) is 18.7 Å². The third kappa shape index (κ3) is 3.80. The Bertz CT molecular complexity index is 595. The molecule has 4 nitrogen and oxygen atoms in total. The van der Waals surface area contributed by atoms with Gasteiger partial charge in [-0.05, 0) is 24.9 Å². The Labute approximate surface area is 118 Å². The molecule has 6 heteroatoms.